The lowest BCUT2D eigenvalue weighted by atomic mass is 10.1. The Balaban J connectivity index is 1.85. The summed E-state index contributed by atoms with van der Waals surface area (Å²) in [4.78, 5) is 35.7. The Bertz CT molecular complexity index is 819. The molecule has 142 valence electrons. The van der Waals surface area contributed by atoms with Crippen molar-refractivity contribution in [2.45, 2.75) is 26.4 Å². The number of urea groups is 1. The van der Waals surface area contributed by atoms with Crippen molar-refractivity contribution in [3.8, 4) is 0 Å². The van der Waals surface area contributed by atoms with E-state index in [0.29, 0.717) is 22.7 Å². The van der Waals surface area contributed by atoms with Crippen LogP contribution in [0.15, 0.2) is 48.5 Å². The topological polar surface area (TPSA) is 84.5 Å². The summed E-state index contributed by atoms with van der Waals surface area (Å²) < 4.78 is 5.05. The maximum atomic E-state index is 12.1. The van der Waals surface area contributed by atoms with Gasteiger partial charge in [-0.15, -0.1) is 0 Å². The molecule has 2 aromatic rings. The lowest BCUT2D eigenvalue weighted by molar-refractivity contribution is 0.0474. The molecule has 2 N–H and O–H groups in total. The molecule has 0 atom stereocenters. The summed E-state index contributed by atoms with van der Waals surface area (Å²) in [7, 11) is 0. The van der Waals surface area contributed by atoms with E-state index in [1.165, 1.54) is 0 Å². The third-order valence-electron chi connectivity index (χ3n) is 3.57. The summed E-state index contributed by atoms with van der Waals surface area (Å²) in [5.74, 6) is -0.974. The van der Waals surface area contributed by atoms with Crippen molar-refractivity contribution in [1.82, 2.24) is 10.6 Å². The van der Waals surface area contributed by atoms with E-state index in [4.69, 9.17) is 16.3 Å². The molecule has 0 aliphatic rings. The Hall–Kier alpha value is -2.86. The molecule has 27 heavy (non-hydrogen) atoms. The summed E-state index contributed by atoms with van der Waals surface area (Å²) in [6.45, 7) is 3.69. The van der Waals surface area contributed by atoms with Crippen LogP contribution in [0.4, 0.5) is 4.79 Å². The first kappa shape index (κ1) is 20.5. The minimum absolute atomic E-state index is 0.0515. The normalized spacial score (nSPS) is 10.4. The number of hydrogen-bond donors (Lipinski definition) is 2. The number of ketones is 1. The molecular formula is C20H21ClN2O4. The average Bonchev–Trinajstić information content (AvgIpc) is 2.64. The highest BCUT2D eigenvalue weighted by Crippen LogP contribution is 2.16. The summed E-state index contributed by atoms with van der Waals surface area (Å²) in [6.07, 6.45) is 0. The first-order valence-corrected chi connectivity index (χ1v) is 8.82. The van der Waals surface area contributed by atoms with E-state index in [1.54, 1.807) is 48.5 Å². The summed E-state index contributed by atoms with van der Waals surface area (Å²) in [6, 6.07) is 13.0. The number of esters is 1. The number of amides is 2. The van der Waals surface area contributed by atoms with Gasteiger partial charge in [0.25, 0.3) is 0 Å². The van der Waals surface area contributed by atoms with E-state index in [0.717, 1.165) is 5.56 Å². The van der Waals surface area contributed by atoms with Gasteiger partial charge in [-0.3, -0.25) is 4.79 Å². The van der Waals surface area contributed by atoms with Gasteiger partial charge in [0.2, 0.25) is 5.78 Å². The highest BCUT2D eigenvalue weighted by atomic mass is 35.5. The average molecular weight is 389 g/mol. The van der Waals surface area contributed by atoms with Crippen molar-refractivity contribution in [2.75, 3.05) is 6.61 Å². The van der Waals surface area contributed by atoms with Gasteiger partial charge >= 0.3 is 12.0 Å². The molecule has 0 unspecified atom stereocenters. The van der Waals surface area contributed by atoms with Crippen LogP contribution in [0, 0.1) is 0 Å². The van der Waals surface area contributed by atoms with Crippen molar-refractivity contribution >= 4 is 29.4 Å². The summed E-state index contributed by atoms with van der Waals surface area (Å²) in [5, 5.41) is 5.76. The van der Waals surface area contributed by atoms with Crippen molar-refractivity contribution in [3.63, 3.8) is 0 Å². The fourth-order valence-electron chi connectivity index (χ4n) is 2.23. The molecule has 0 saturated carbocycles. The van der Waals surface area contributed by atoms with Gasteiger partial charge in [-0.1, -0.05) is 35.9 Å². The van der Waals surface area contributed by atoms with Crippen molar-refractivity contribution in [2.24, 2.45) is 0 Å². The van der Waals surface area contributed by atoms with Crippen LogP contribution in [0.2, 0.25) is 5.02 Å². The van der Waals surface area contributed by atoms with Crippen LogP contribution >= 0.6 is 11.6 Å². The molecule has 6 nitrogen and oxygen atoms in total. The lowest BCUT2D eigenvalue weighted by Gasteiger charge is -2.10. The Labute approximate surface area is 162 Å². The number of carbonyl (C=O) groups is 3. The highest BCUT2D eigenvalue weighted by Gasteiger charge is 2.14. The van der Waals surface area contributed by atoms with Crippen molar-refractivity contribution < 1.29 is 19.1 Å². The van der Waals surface area contributed by atoms with E-state index < -0.39 is 5.97 Å². The van der Waals surface area contributed by atoms with Crippen LogP contribution in [0.1, 0.15) is 40.1 Å². The second kappa shape index (κ2) is 9.73. The number of halogens is 1. The molecule has 0 aliphatic carbocycles. The second-order valence-electron chi connectivity index (χ2n) is 6.16. The number of rotatable bonds is 7. The zero-order chi connectivity index (χ0) is 19.8. The van der Waals surface area contributed by atoms with Crippen LogP contribution in [-0.2, 0) is 11.3 Å². The largest absolute Gasteiger partial charge is 0.454 e. The van der Waals surface area contributed by atoms with E-state index in [2.05, 4.69) is 10.6 Å². The van der Waals surface area contributed by atoms with Gasteiger partial charge in [0.15, 0.2) is 6.61 Å². The number of benzene rings is 2. The molecule has 0 radical (unpaired) electrons. The minimum atomic E-state index is -0.604. The molecule has 0 bridgehead atoms. The monoisotopic (exact) mass is 388 g/mol. The maximum Gasteiger partial charge on any atom is 0.338 e. The standard InChI is InChI=1S/C20H21ClN2O4/c1-13(2)23-20(26)22-11-14-7-9-15(10-8-14)19(25)27-12-18(24)16-5-3-4-6-17(16)21/h3-10,13H,11-12H2,1-2H3,(H2,22,23,26). The van der Waals surface area contributed by atoms with Crippen molar-refractivity contribution in [3.05, 3.63) is 70.2 Å². The molecule has 0 saturated heterocycles. The van der Waals surface area contributed by atoms with Crippen LogP contribution in [0.25, 0.3) is 0 Å². The van der Waals surface area contributed by atoms with Gasteiger partial charge in [0, 0.05) is 18.2 Å². The summed E-state index contributed by atoms with van der Waals surface area (Å²) >= 11 is 5.95. The molecule has 0 spiro atoms. The quantitative estimate of drug-likeness (QED) is 0.560. The Morgan fingerprint density at radius 3 is 2.33 bits per heavy atom. The molecule has 2 amide bonds. The van der Waals surface area contributed by atoms with Crippen LogP contribution < -0.4 is 10.6 Å². The SMILES string of the molecule is CC(C)NC(=O)NCc1ccc(C(=O)OCC(=O)c2ccccc2Cl)cc1. The first-order chi connectivity index (χ1) is 12.9. The van der Waals surface area contributed by atoms with E-state index in [9.17, 15) is 14.4 Å². The van der Waals surface area contributed by atoms with Gasteiger partial charge in [-0.05, 0) is 43.7 Å². The molecule has 2 aromatic carbocycles. The third kappa shape index (κ3) is 6.42. The van der Waals surface area contributed by atoms with Crippen LogP contribution in [0.5, 0.6) is 0 Å². The number of ether oxygens (including phenoxy) is 1. The molecule has 7 heteroatoms. The lowest BCUT2D eigenvalue weighted by Crippen LogP contribution is -2.39. The molecule has 0 fully saturated rings. The first-order valence-electron chi connectivity index (χ1n) is 8.45. The zero-order valence-corrected chi connectivity index (χ0v) is 15.9. The predicted octanol–water partition coefficient (Wildman–Crippen LogP) is 3.59. The number of nitrogens with one attached hydrogen (secondary N) is 2. The minimum Gasteiger partial charge on any atom is -0.454 e. The maximum absolute atomic E-state index is 12.1. The number of Topliss-reactive ketones (excluding diaryl/α,β-unsaturated/α-hetero) is 1. The fourth-order valence-corrected chi connectivity index (χ4v) is 2.47. The smallest absolute Gasteiger partial charge is 0.338 e. The van der Waals surface area contributed by atoms with Crippen molar-refractivity contribution in [1.29, 1.82) is 0 Å². The molecular weight excluding hydrogens is 368 g/mol. The Kier molecular flexibility index (Phi) is 7.37. The Morgan fingerprint density at radius 1 is 1.04 bits per heavy atom. The van der Waals surface area contributed by atoms with E-state index in [-0.39, 0.29) is 24.5 Å². The van der Waals surface area contributed by atoms with Gasteiger partial charge < -0.3 is 15.4 Å². The number of carbonyl (C=O) groups excluding carboxylic acids is 3. The highest BCUT2D eigenvalue weighted by molar-refractivity contribution is 6.34. The number of hydrogen-bond acceptors (Lipinski definition) is 4. The Morgan fingerprint density at radius 2 is 1.70 bits per heavy atom. The van der Waals surface area contributed by atoms with E-state index >= 15 is 0 Å². The third-order valence-corrected chi connectivity index (χ3v) is 3.90. The second-order valence-corrected chi connectivity index (χ2v) is 6.56. The fraction of sp³-hybridized carbons (Fsp3) is 0.250. The van der Waals surface area contributed by atoms with Gasteiger partial charge in [0.1, 0.15) is 0 Å². The predicted molar refractivity (Wildman–Crippen MR) is 103 cm³/mol. The van der Waals surface area contributed by atoms with Gasteiger partial charge in [0.05, 0.1) is 10.6 Å². The van der Waals surface area contributed by atoms with Gasteiger partial charge in [-0.25, -0.2) is 9.59 Å². The van der Waals surface area contributed by atoms with E-state index in [1.807, 2.05) is 13.8 Å². The molecule has 0 aliphatic heterocycles. The summed E-state index contributed by atoms with van der Waals surface area (Å²) in [5.41, 5.74) is 1.46. The molecule has 0 aromatic heterocycles. The van der Waals surface area contributed by atoms with Gasteiger partial charge in [-0.2, -0.15) is 0 Å². The molecule has 2 rings (SSSR count). The van der Waals surface area contributed by atoms with Crippen LogP contribution in [-0.4, -0.2) is 30.4 Å². The van der Waals surface area contributed by atoms with Crippen LogP contribution in [0.3, 0.4) is 0 Å². The zero-order valence-electron chi connectivity index (χ0n) is 15.1. The molecule has 0 heterocycles.